The molecule has 2 heteroatoms. The van der Waals surface area contributed by atoms with Gasteiger partial charge in [0.1, 0.15) is 0 Å². The van der Waals surface area contributed by atoms with Crippen LogP contribution in [0.4, 0.5) is 0 Å². The lowest BCUT2D eigenvalue weighted by Gasteiger charge is -2.18. The number of benzene rings is 8. The van der Waals surface area contributed by atoms with Crippen LogP contribution in [0.1, 0.15) is 16.9 Å². The van der Waals surface area contributed by atoms with Crippen molar-refractivity contribution < 1.29 is 0 Å². The van der Waals surface area contributed by atoms with Crippen molar-refractivity contribution in [3.63, 3.8) is 0 Å². The molecule has 1 aliphatic rings. The summed E-state index contributed by atoms with van der Waals surface area (Å²) in [6, 6.07) is 50.2. The Hall–Kier alpha value is -5.28. The van der Waals surface area contributed by atoms with Crippen molar-refractivity contribution in [2.24, 2.45) is 0 Å². The number of aryl methyl sites for hydroxylation is 1. The van der Waals surface area contributed by atoms with Gasteiger partial charge in [0.25, 0.3) is 0 Å². The molecule has 10 aromatic rings. The summed E-state index contributed by atoms with van der Waals surface area (Å²) in [5.41, 5.74) is 6.73. The third kappa shape index (κ3) is 3.70. The van der Waals surface area contributed by atoms with Crippen LogP contribution in [0.5, 0.6) is 0 Å². The van der Waals surface area contributed by atoms with Crippen LogP contribution < -0.4 is 0 Å². The van der Waals surface area contributed by atoms with Crippen LogP contribution in [0.25, 0.3) is 102 Å². The summed E-state index contributed by atoms with van der Waals surface area (Å²) < 4.78 is 4.11. The quantitative estimate of drug-likeness (QED) is 0.164. The van der Waals surface area contributed by atoms with Gasteiger partial charge in [0.05, 0.1) is 0 Å². The Kier molecular flexibility index (Phi) is 5.63. The molecule has 2 heterocycles. The van der Waals surface area contributed by atoms with E-state index in [1.54, 1.807) is 0 Å². The summed E-state index contributed by atoms with van der Waals surface area (Å²) in [6.45, 7) is 0. The van der Waals surface area contributed by atoms with Crippen LogP contribution in [0.3, 0.4) is 0 Å². The van der Waals surface area contributed by atoms with Crippen LogP contribution in [-0.2, 0) is 6.42 Å². The van der Waals surface area contributed by atoms with E-state index in [2.05, 4.69) is 146 Å². The zero-order valence-electron chi connectivity index (χ0n) is 26.1. The second-order valence-electron chi connectivity index (χ2n) is 13.0. The molecular weight excluding hydrogens is 617 g/mol. The minimum absolute atomic E-state index is 1.13. The van der Waals surface area contributed by atoms with Crippen molar-refractivity contribution >= 4 is 102 Å². The van der Waals surface area contributed by atoms with E-state index in [0.717, 1.165) is 12.8 Å². The second-order valence-corrected chi connectivity index (χ2v) is 15.2. The zero-order valence-corrected chi connectivity index (χ0v) is 27.7. The monoisotopic (exact) mass is 644 g/mol. The summed E-state index contributed by atoms with van der Waals surface area (Å²) >= 11 is 3.87. The summed E-state index contributed by atoms with van der Waals surface area (Å²) in [5.74, 6) is 0. The molecule has 0 nitrogen and oxygen atoms in total. The van der Waals surface area contributed by atoms with Crippen molar-refractivity contribution in [1.82, 2.24) is 0 Å². The Morgan fingerprint density at radius 2 is 1.06 bits per heavy atom. The molecule has 1 aliphatic carbocycles. The Morgan fingerprint density at radius 1 is 0.438 bits per heavy atom. The SMILES string of the molecule is C1=Cc2sc3ccc4c(ccc5sc6cc(-c7c8ccccc8c(-c8cccc9ccccc89)c8ccccc78)ccc6c54)c3c2CC1. The van der Waals surface area contributed by atoms with Gasteiger partial charge in [-0.05, 0) is 108 Å². The smallest absolute Gasteiger partial charge is 0.0361 e. The first-order valence-electron chi connectivity index (χ1n) is 16.7. The average Bonchev–Trinajstić information content (AvgIpc) is 3.72. The molecule has 11 rings (SSSR count). The number of fused-ring (bicyclic) bond motifs is 12. The average molecular weight is 645 g/mol. The lowest BCUT2D eigenvalue weighted by Crippen LogP contribution is -1.91. The molecule has 0 radical (unpaired) electrons. The molecule has 224 valence electrons. The molecule has 0 bridgehead atoms. The molecule has 0 unspecified atom stereocenters. The number of rotatable bonds is 2. The number of allylic oxidation sites excluding steroid dienone is 1. The molecule has 0 amide bonds. The minimum atomic E-state index is 1.13. The number of thiophene rings is 2. The van der Waals surface area contributed by atoms with E-state index in [4.69, 9.17) is 0 Å². The Morgan fingerprint density at radius 3 is 1.83 bits per heavy atom. The Labute approximate surface area is 285 Å². The predicted octanol–water partition coefficient (Wildman–Crippen LogP) is 14.2. The van der Waals surface area contributed by atoms with Crippen molar-refractivity contribution in [2.45, 2.75) is 12.8 Å². The largest absolute Gasteiger partial charge is 0.136 e. The van der Waals surface area contributed by atoms with Gasteiger partial charge in [0.15, 0.2) is 0 Å². The highest BCUT2D eigenvalue weighted by Crippen LogP contribution is 2.48. The highest BCUT2D eigenvalue weighted by molar-refractivity contribution is 7.26. The van der Waals surface area contributed by atoms with Gasteiger partial charge in [0, 0.05) is 35.1 Å². The predicted molar refractivity (Wildman–Crippen MR) is 213 cm³/mol. The molecule has 0 N–H and O–H groups in total. The van der Waals surface area contributed by atoms with Gasteiger partial charge in [0.2, 0.25) is 0 Å². The van der Waals surface area contributed by atoms with Gasteiger partial charge in [-0.3, -0.25) is 0 Å². The Balaban J connectivity index is 1.18. The molecule has 8 aromatic carbocycles. The summed E-state index contributed by atoms with van der Waals surface area (Å²) in [4.78, 5) is 1.44. The fourth-order valence-electron chi connectivity index (χ4n) is 8.49. The highest BCUT2D eigenvalue weighted by Gasteiger charge is 2.20. The number of hydrogen-bond acceptors (Lipinski definition) is 2. The van der Waals surface area contributed by atoms with Gasteiger partial charge < -0.3 is 0 Å². The molecule has 0 saturated heterocycles. The van der Waals surface area contributed by atoms with Crippen molar-refractivity contribution in [2.75, 3.05) is 0 Å². The maximum atomic E-state index is 2.45. The zero-order chi connectivity index (χ0) is 31.3. The van der Waals surface area contributed by atoms with Gasteiger partial charge in [-0.15, -0.1) is 22.7 Å². The van der Waals surface area contributed by atoms with Crippen molar-refractivity contribution in [3.05, 3.63) is 150 Å². The third-order valence-corrected chi connectivity index (χ3v) is 12.8. The Bertz CT molecular complexity index is 2940. The van der Waals surface area contributed by atoms with Gasteiger partial charge in [-0.1, -0.05) is 121 Å². The van der Waals surface area contributed by atoms with Crippen molar-refractivity contribution in [1.29, 1.82) is 0 Å². The third-order valence-electron chi connectivity index (χ3n) is 10.5. The lowest BCUT2D eigenvalue weighted by molar-refractivity contribution is 1.01. The van der Waals surface area contributed by atoms with Crippen LogP contribution in [0, 0.1) is 0 Å². The fraction of sp³-hybridized carbons (Fsp3) is 0.0435. The lowest BCUT2D eigenvalue weighted by atomic mass is 9.84. The van der Waals surface area contributed by atoms with Crippen LogP contribution >= 0.6 is 22.7 Å². The maximum Gasteiger partial charge on any atom is 0.0361 e. The molecule has 0 spiro atoms. The first-order valence-corrected chi connectivity index (χ1v) is 18.4. The maximum absolute atomic E-state index is 2.45. The summed E-state index contributed by atoms with van der Waals surface area (Å²) in [6.07, 6.45) is 6.93. The van der Waals surface area contributed by atoms with E-state index in [-0.39, 0.29) is 0 Å². The van der Waals surface area contributed by atoms with Crippen LogP contribution in [-0.4, -0.2) is 0 Å². The van der Waals surface area contributed by atoms with Gasteiger partial charge in [-0.2, -0.15) is 0 Å². The molecule has 0 aliphatic heterocycles. The second kappa shape index (κ2) is 10.1. The van der Waals surface area contributed by atoms with E-state index in [1.165, 1.54) is 106 Å². The topological polar surface area (TPSA) is 0 Å². The molecule has 2 aromatic heterocycles. The van der Waals surface area contributed by atoms with Crippen molar-refractivity contribution in [3.8, 4) is 22.3 Å². The first-order chi connectivity index (χ1) is 23.8. The van der Waals surface area contributed by atoms with Crippen LogP contribution in [0.2, 0.25) is 0 Å². The van der Waals surface area contributed by atoms with Gasteiger partial charge >= 0.3 is 0 Å². The van der Waals surface area contributed by atoms with E-state index < -0.39 is 0 Å². The molecule has 0 atom stereocenters. The van der Waals surface area contributed by atoms with E-state index in [0.29, 0.717) is 0 Å². The molecule has 0 fully saturated rings. The van der Waals surface area contributed by atoms with Gasteiger partial charge in [-0.25, -0.2) is 0 Å². The fourth-order valence-corrected chi connectivity index (χ4v) is 10.9. The van der Waals surface area contributed by atoms with E-state index in [9.17, 15) is 0 Å². The molecular formula is C46H28S2. The van der Waals surface area contributed by atoms with Crippen LogP contribution in [0.15, 0.2) is 140 Å². The molecule has 0 saturated carbocycles. The normalized spacial score (nSPS) is 13.2. The standard InChI is InChI=1S/C46H28S2/c1-2-12-29-27(10-1)11-9-18-30(29)44-33-15-5-3-13-31(33)43(32-14-4-6-16-34(32)44)28-20-21-38-42(26-28)48-41-25-23-35-36(46(38)41)22-24-40-45(35)37-17-7-8-19-39(37)47-40/h1-6,8-16,18-26H,7,17H2. The summed E-state index contributed by atoms with van der Waals surface area (Å²) in [7, 11) is 0. The summed E-state index contributed by atoms with van der Waals surface area (Å²) in [5, 5.41) is 14.7. The van der Waals surface area contributed by atoms with E-state index in [1.807, 2.05) is 22.7 Å². The molecule has 48 heavy (non-hydrogen) atoms. The highest BCUT2D eigenvalue weighted by atomic mass is 32.1. The number of hydrogen-bond donors (Lipinski definition) is 0. The first kappa shape index (κ1) is 26.8. The van der Waals surface area contributed by atoms with E-state index >= 15 is 0 Å². The minimum Gasteiger partial charge on any atom is -0.136 e.